The molecule has 0 aromatic heterocycles. The van der Waals surface area contributed by atoms with E-state index in [1.807, 2.05) is 0 Å². The van der Waals surface area contributed by atoms with Crippen LogP contribution >= 0.6 is 0 Å². The van der Waals surface area contributed by atoms with Gasteiger partial charge in [-0.2, -0.15) is 0 Å². The molecule has 4 aliphatic carbocycles. The molecule has 0 N–H and O–H groups in total. The molecule has 0 unspecified atom stereocenters. The lowest BCUT2D eigenvalue weighted by atomic mass is 9.33. The number of hydrogen-bond acceptors (Lipinski definition) is 8. The Morgan fingerprint density at radius 3 is 2.14 bits per heavy atom. The van der Waals surface area contributed by atoms with Crippen molar-refractivity contribution in [3.8, 4) is 0 Å². The van der Waals surface area contributed by atoms with Gasteiger partial charge >= 0.3 is 17.9 Å². The van der Waals surface area contributed by atoms with Crippen LogP contribution < -0.4 is 0 Å². The summed E-state index contributed by atoms with van der Waals surface area (Å²) >= 11 is 0. The van der Waals surface area contributed by atoms with Gasteiger partial charge in [-0.1, -0.05) is 34.6 Å². The number of hydrogen-bond donors (Lipinski definition) is 0. The minimum absolute atomic E-state index is 0.0744. The summed E-state index contributed by atoms with van der Waals surface area (Å²) in [6.45, 7) is 17.3. The number of nitrogens with zero attached hydrogens (tertiary/aromatic N) is 1. The maximum atomic E-state index is 14.6. The first-order valence-electron chi connectivity index (χ1n) is 16.9. The van der Waals surface area contributed by atoms with E-state index in [1.54, 1.807) is 0 Å². The van der Waals surface area contributed by atoms with E-state index >= 15 is 0 Å². The predicted molar refractivity (Wildman–Crippen MR) is 162 cm³/mol. The largest absolute Gasteiger partial charge is 0.464 e. The number of Topliss-reactive ketones (excluding diaryl/α,β-unsaturated/α-hetero) is 1. The molecule has 0 amide bonds. The number of carbonyl (C=O) groups is 4. The third kappa shape index (κ3) is 5.15. The lowest BCUT2D eigenvalue weighted by Crippen LogP contribution is -2.68. The van der Waals surface area contributed by atoms with E-state index in [0.717, 1.165) is 70.9 Å². The van der Waals surface area contributed by atoms with Gasteiger partial charge in [-0.3, -0.25) is 24.1 Å². The first-order chi connectivity index (χ1) is 20.1. The minimum Gasteiger partial charge on any atom is -0.464 e. The number of likely N-dealkylation sites (tertiary alicyclic amines) is 1. The summed E-state index contributed by atoms with van der Waals surface area (Å²) in [6.07, 6.45) is 8.87. The lowest BCUT2D eigenvalue weighted by Gasteiger charge is -2.71. The summed E-state index contributed by atoms with van der Waals surface area (Å²) < 4.78 is 17.1. The Morgan fingerprint density at radius 2 is 1.49 bits per heavy atom. The Labute approximate surface area is 258 Å². The minimum atomic E-state index is -1.44. The fourth-order valence-corrected chi connectivity index (χ4v) is 11.2. The Kier molecular flexibility index (Phi) is 8.63. The zero-order valence-corrected chi connectivity index (χ0v) is 27.7. The van der Waals surface area contributed by atoms with Crippen molar-refractivity contribution in [2.75, 3.05) is 32.8 Å². The van der Waals surface area contributed by atoms with Gasteiger partial charge in [0.1, 0.15) is 19.3 Å². The van der Waals surface area contributed by atoms with Crippen molar-refractivity contribution in [3.63, 3.8) is 0 Å². The van der Waals surface area contributed by atoms with Crippen LogP contribution in [0.15, 0.2) is 0 Å². The zero-order valence-electron chi connectivity index (χ0n) is 27.7. The third-order valence-corrected chi connectivity index (χ3v) is 13.7. The van der Waals surface area contributed by atoms with Crippen molar-refractivity contribution in [2.45, 2.75) is 119 Å². The molecule has 4 saturated carbocycles. The number of ketones is 1. The van der Waals surface area contributed by atoms with Gasteiger partial charge < -0.3 is 14.2 Å². The average molecular weight is 602 g/mol. The summed E-state index contributed by atoms with van der Waals surface area (Å²) in [6, 6.07) is 0. The number of rotatable bonds is 7. The molecule has 43 heavy (non-hydrogen) atoms. The van der Waals surface area contributed by atoms with Crippen LogP contribution in [0.25, 0.3) is 0 Å². The van der Waals surface area contributed by atoms with Crippen LogP contribution in [0.5, 0.6) is 0 Å². The summed E-state index contributed by atoms with van der Waals surface area (Å²) in [5.41, 5.74) is -1.83. The van der Waals surface area contributed by atoms with Crippen molar-refractivity contribution < 1.29 is 33.4 Å². The number of ether oxygens (including phenoxy) is 3. The lowest BCUT2D eigenvalue weighted by molar-refractivity contribution is -0.237. The molecule has 8 atom stereocenters. The van der Waals surface area contributed by atoms with E-state index < -0.39 is 17.4 Å². The Balaban J connectivity index is 1.39. The summed E-state index contributed by atoms with van der Waals surface area (Å²) in [4.78, 5) is 54.6. The van der Waals surface area contributed by atoms with Gasteiger partial charge in [0.25, 0.3) is 0 Å². The van der Waals surface area contributed by atoms with Crippen molar-refractivity contribution >= 4 is 23.7 Å². The number of fused-ring (bicyclic) bond motifs is 5. The van der Waals surface area contributed by atoms with E-state index in [0.29, 0.717) is 24.8 Å². The molecule has 8 heteroatoms. The smallest absolute Gasteiger partial charge is 0.323 e. The zero-order chi connectivity index (χ0) is 31.4. The van der Waals surface area contributed by atoms with Gasteiger partial charge in [0.05, 0.1) is 0 Å². The molecule has 0 bridgehead atoms. The van der Waals surface area contributed by atoms with Crippen LogP contribution in [0, 0.1) is 44.8 Å². The maximum absolute atomic E-state index is 14.6. The molecule has 0 aromatic carbocycles. The van der Waals surface area contributed by atoms with E-state index in [4.69, 9.17) is 14.2 Å². The Hall–Kier alpha value is -1.96. The standard InChI is InChI=1S/C35H55NO7/c1-23(37)42-22-35(30(40)41-21-20-36-18-8-9-19-36)17-16-33(6)25(29(35)39)10-11-27-32(5)14-13-28(43-24(2)38)31(3,4)26(32)12-15-34(27,33)7/h25-28H,8-22H2,1-7H3/t25-,26+,27-,28+,32+,33-,34-,35+/m1/s1. The van der Waals surface area contributed by atoms with Gasteiger partial charge in [0.15, 0.2) is 11.2 Å². The molecule has 0 spiro atoms. The van der Waals surface area contributed by atoms with Crippen LogP contribution in [-0.2, 0) is 33.4 Å². The molecular weight excluding hydrogens is 546 g/mol. The second kappa shape index (κ2) is 11.4. The summed E-state index contributed by atoms with van der Waals surface area (Å²) in [7, 11) is 0. The first-order valence-corrected chi connectivity index (χ1v) is 16.9. The highest BCUT2D eigenvalue weighted by atomic mass is 16.6. The van der Waals surface area contributed by atoms with Crippen LogP contribution in [0.2, 0.25) is 0 Å². The van der Waals surface area contributed by atoms with Crippen LogP contribution in [-0.4, -0.2) is 67.5 Å². The molecule has 1 saturated heterocycles. The molecule has 1 aliphatic heterocycles. The fourth-order valence-electron chi connectivity index (χ4n) is 11.2. The Bertz CT molecular complexity index is 1130. The van der Waals surface area contributed by atoms with E-state index in [-0.39, 0.29) is 58.6 Å². The second-order valence-corrected chi connectivity index (χ2v) is 16.0. The van der Waals surface area contributed by atoms with E-state index in [2.05, 4.69) is 39.5 Å². The van der Waals surface area contributed by atoms with Gasteiger partial charge in [-0.15, -0.1) is 0 Å². The number of esters is 3. The highest BCUT2D eigenvalue weighted by Crippen LogP contribution is 2.74. The molecular formula is C35H55NO7. The number of carbonyl (C=O) groups excluding carboxylic acids is 4. The summed E-state index contributed by atoms with van der Waals surface area (Å²) in [5, 5.41) is 0. The van der Waals surface area contributed by atoms with Crippen LogP contribution in [0.3, 0.4) is 0 Å². The van der Waals surface area contributed by atoms with E-state index in [9.17, 15) is 19.2 Å². The molecule has 5 rings (SSSR count). The van der Waals surface area contributed by atoms with Crippen molar-refractivity contribution in [2.24, 2.45) is 44.8 Å². The van der Waals surface area contributed by atoms with Crippen molar-refractivity contribution in [1.82, 2.24) is 4.90 Å². The molecule has 0 radical (unpaired) electrons. The van der Waals surface area contributed by atoms with Crippen molar-refractivity contribution in [1.29, 1.82) is 0 Å². The molecule has 5 aliphatic rings. The van der Waals surface area contributed by atoms with Crippen LogP contribution in [0.1, 0.15) is 113 Å². The normalized spacial score (nSPS) is 42.3. The monoisotopic (exact) mass is 601 g/mol. The molecule has 8 nitrogen and oxygen atoms in total. The Morgan fingerprint density at radius 1 is 0.791 bits per heavy atom. The van der Waals surface area contributed by atoms with Gasteiger partial charge in [-0.05, 0) is 105 Å². The van der Waals surface area contributed by atoms with Crippen LogP contribution in [0.4, 0.5) is 0 Å². The predicted octanol–water partition coefficient (Wildman–Crippen LogP) is 5.74. The summed E-state index contributed by atoms with van der Waals surface area (Å²) in [5.74, 6) is -0.729. The van der Waals surface area contributed by atoms with Gasteiger partial charge in [-0.25, -0.2) is 0 Å². The highest BCUT2D eigenvalue weighted by Gasteiger charge is 2.71. The molecule has 0 aromatic rings. The van der Waals surface area contributed by atoms with Gasteiger partial charge in [0.2, 0.25) is 0 Å². The first kappa shape index (κ1) is 32.4. The average Bonchev–Trinajstić information content (AvgIpc) is 3.44. The third-order valence-electron chi connectivity index (χ3n) is 13.7. The highest BCUT2D eigenvalue weighted by molar-refractivity contribution is 6.06. The second-order valence-electron chi connectivity index (χ2n) is 16.0. The van der Waals surface area contributed by atoms with Gasteiger partial charge in [0, 0.05) is 31.7 Å². The molecule has 242 valence electrons. The topological polar surface area (TPSA) is 99.2 Å². The SMILES string of the molecule is CC(=O)OC[C@@]1(C(=O)OCCN2CCCC2)CC[C@]2(C)[C@H](CC[C@@H]3[C@@]4(C)CC[C@H](OC(C)=O)C(C)(C)[C@@H]4CC[C@]32C)C1=O. The maximum Gasteiger partial charge on any atom is 0.323 e. The molecule has 5 fully saturated rings. The van der Waals surface area contributed by atoms with Crippen molar-refractivity contribution in [3.05, 3.63) is 0 Å². The quantitative estimate of drug-likeness (QED) is 0.207. The molecule has 1 heterocycles. The van der Waals surface area contributed by atoms with E-state index in [1.165, 1.54) is 13.8 Å². The fraction of sp³-hybridized carbons (Fsp3) is 0.886.